The molecule has 2 fully saturated rings. The topological polar surface area (TPSA) is 23.8 Å². The number of halogens is 3. The van der Waals surface area contributed by atoms with E-state index in [4.69, 9.17) is 5.26 Å². The molecule has 0 radical (unpaired) electrons. The lowest BCUT2D eigenvalue weighted by atomic mass is 9.69. The number of alkyl halides is 3. The Bertz CT molecular complexity index is 282. The Kier molecular flexibility index (Phi) is 3.96. The standard InChI is InChI=1S/C13H18F3N/c14-10-3-1-8(2-4-10)9-5-12(15)11(7-17)13(16)6-9/h8-13H,1-6H2. The molecule has 0 bridgehead atoms. The van der Waals surface area contributed by atoms with Crippen LogP contribution in [-0.2, 0) is 0 Å². The fourth-order valence-electron chi connectivity index (χ4n) is 3.29. The Labute approximate surface area is 100.0 Å². The molecule has 2 rings (SSSR count). The molecule has 1 nitrogen and oxygen atoms in total. The van der Waals surface area contributed by atoms with Gasteiger partial charge in [-0.1, -0.05) is 0 Å². The first-order valence-electron chi connectivity index (χ1n) is 6.43. The summed E-state index contributed by atoms with van der Waals surface area (Å²) in [5.41, 5.74) is 0. The van der Waals surface area contributed by atoms with Gasteiger partial charge in [0.1, 0.15) is 24.4 Å². The van der Waals surface area contributed by atoms with E-state index in [2.05, 4.69) is 0 Å². The van der Waals surface area contributed by atoms with Crippen LogP contribution in [0.4, 0.5) is 13.2 Å². The minimum atomic E-state index is -1.35. The highest BCUT2D eigenvalue weighted by Gasteiger charge is 2.41. The summed E-state index contributed by atoms with van der Waals surface area (Å²) in [4.78, 5) is 0. The molecule has 17 heavy (non-hydrogen) atoms. The summed E-state index contributed by atoms with van der Waals surface area (Å²) >= 11 is 0. The predicted octanol–water partition coefficient (Wildman–Crippen LogP) is 3.74. The SMILES string of the molecule is N#CC1C(F)CC(C2CCC(F)CC2)CC1F. The van der Waals surface area contributed by atoms with Gasteiger partial charge in [-0.2, -0.15) is 5.26 Å². The van der Waals surface area contributed by atoms with E-state index in [0.717, 1.165) is 12.8 Å². The van der Waals surface area contributed by atoms with Gasteiger partial charge < -0.3 is 0 Å². The van der Waals surface area contributed by atoms with Crippen molar-refractivity contribution in [2.45, 2.75) is 57.0 Å². The summed E-state index contributed by atoms with van der Waals surface area (Å²) in [5, 5.41) is 8.68. The van der Waals surface area contributed by atoms with Crippen LogP contribution in [0, 0.1) is 29.1 Å². The first-order valence-corrected chi connectivity index (χ1v) is 6.43. The molecule has 0 saturated heterocycles. The van der Waals surface area contributed by atoms with Gasteiger partial charge in [-0.15, -0.1) is 0 Å². The minimum Gasteiger partial charge on any atom is -0.247 e. The van der Waals surface area contributed by atoms with Crippen molar-refractivity contribution >= 4 is 0 Å². The van der Waals surface area contributed by atoms with Crippen molar-refractivity contribution in [2.24, 2.45) is 17.8 Å². The summed E-state index contributed by atoms with van der Waals surface area (Å²) in [6.45, 7) is 0. The molecule has 0 amide bonds. The third-order valence-electron chi connectivity index (χ3n) is 4.35. The fraction of sp³-hybridized carbons (Fsp3) is 0.923. The second-order valence-corrected chi connectivity index (χ2v) is 5.43. The second-order valence-electron chi connectivity index (χ2n) is 5.43. The Morgan fingerprint density at radius 1 is 0.824 bits per heavy atom. The van der Waals surface area contributed by atoms with Crippen molar-refractivity contribution in [3.63, 3.8) is 0 Å². The number of nitriles is 1. The summed E-state index contributed by atoms with van der Waals surface area (Å²) in [7, 11) is 0. The Balaban J connectivity index is 1.93. The third kappa shape index (κ3) is 2.75. The largest absolute Gasteiger partial charge is 0.247 e. The van der Waals surface area contributed by atoms with E-state index in [0.29, 0.717) is 12.8 Å². The lowest BCUT2D eigenvalue weighted by molar-refractivity contribution is 0.0355. The molecule has 4 heteroatoms. The van der Waals surface area contributed by atoms with Crippen LogP contribution in [0.5, 0.6) is 0 Å². The molecule has 0 N–H and O–H groups in total. The quantitative estimate of drug-likeness (QED) is 0.690. The van der Waals surface area contributed by atoms with Crippen LogP contribution in [0.2, 0.25) is 0 Å². The van der Waals surface area contributed by atoms with E-state index in [1.165, 1.54) is 0 Å². The summed E-state index contributed by atoms with van der Waals surface area (Å²) < 4.78 is 40.3. The van der Waals surface area contributed by atoms with Crippen LogP contribution in [0.15, 0.2) is 0 Å². The molecule has 0 aliphatic heterocycles. The molecule has 2 saturated carbocycles. The maximum atomic E-state index is 13.6. The Hall–Kier alpha value is -0.720. The summed E-state index contributed by atoms with van der Waals surface area (Å²) in [5.74, 6) is -0.848. The van der Waals surface area contributed by atoms with Crippen LogP contribution < -0.4 is 0 Å². The zero-order valence-corrected chi connectivity index (χ0v) is 9.79. The first kappa shape index (κ1) is 12.7. The van der Waals surface area contributed by atoms with E-state index in [9.17, 15) is 13.2 Å². The number of rotatable bonds is 1. The van der Waals surface area contributed by atoms with Crippen molar-refractivity contribution < 1.29 is 13.2 Å². The van der Waals surface area contributed by atoms with E-state index >= 15 is 0 Å². The normalized spacial score (nSPS) is 47.4. The predicted molar refractivity (Wildman–Crippen MR) is 58.5 cm³/mol. The second kappa shape index (κ2) is 5.29. The van der Waals surface area contributed by atoms with E-state index in [1.54, 1.807) is 6.07 Å². The van der Waals surface area contributed by atoms with Crippen LogP contribution in [0.3, 0.4) is 0 Å². The molecular formula is C13H18F3N. The molecular weight excluding hydrogens is 227 g/mol. The highest BCUT2D eigenvalue weighted by Crippen LogP contribution is 2.42. The van der Waals surface area contributed by atoms with Gasteiger partial charge in [-0.3, -0.25) is 0 Å². The Morgan fingerprint density at radius 3 is 1.82 bits per heavy atom. The highest BCUT2D eigenvalue weighted by atomic mass is 19.1. The molecule has 0 spiro atoms. The molecule has 2 unspecified atom stereocenters. The van der Waals surface area contributed by atoms with Gasteiger partial charge in [-0.25, -0.2) is 13.2 Å². The highest BCUT2D eigenvalue weighted by molar-refractivity contribution is 5.00. The molecule has 0 aromatic carbocycles. The molecule has 0 aromatic heterocycles. The van der Waals surface area contributed by atoms with E-state index in [1.807, 2.05) is 0 Å². The van der Waals surface area contributed by atoms with Crippen molar-refractivity contribution in [3.05, 3.63) is 0 Å². The monoisotopic (exact) mass is 245 g/mol. The molecule has 2 atom stereocenters. The van der Waals surface area contributed by atoms with E-state index in [-0.39, 0.29) is 24.7 Å². The molecule has 0 heterocycles. The van der Waals surface area contributed by atoms with Gasteiger partial charge in [0.15, 0.2) is 0 Å². The lowest BCUT2D eigenvalue weighted by Gasteiger charge is -2.38. The van der Waals surface area contributed by atoms with Gasteiger partial charge in [-0.05, 0) is 50.4 Å². The van der Waals surface area contributed by atoms with Crippen molar-refractivity contribution in [1.29, 1.82) is 5.26 Å². The summed E-state index contributed by atoms with van der Waals surface area (Å²) in [6, 6.07) is 1.72. The maximum Gasteiger partial charge on any atom is 0.119 e. The van der Waals surface area contributed by atoms with Gasteiger partial charge in [0.05, 0.1) is 6.07 Å². The van der Waals surface area contributed by atoms with Crippen LogP contribution in [0.1, 0.15) is 38.5 Å². The minimum absolute atomic E-state index is 0.00269. The molecule has 2 aliphatic carbocycles. The Morgan fingerprint density at radius 2 is 1.35 bits per heavy atom. The summed E-state index contributed by atoms with van der Waals surface area (Å²) in [6.07, 6.45) is -0.350. The first-order chi connectivity index (χ1) is 8.11. The van der Waals surface area contributed by atoms with Gasteiger partial charge in [0.25, 0.3) is 0 Å². The van der Waals surface area contributed by atoms with Crippen molar-refractivity contribution in [3.8, 4) is 6.07 Å². The third-order valence-corrected chi connectivity index (χ3v) is 4.35. The fourth-order valence-corrected chi connectivity index (χ4v) is 3.29. The van der Waals surface area contributed by atoms with E-state index < -0.39 is 24.4 Å². The zero-order valence-electron chi connectivity index (χ0n) is 9.79. The number of hydrogen-bond donors (Lipinski definition) is 0. The number of hydrogen-bond acceptors (Lipinski definition) is 1. The number of nitrogens with zero attached hydrogens (tertiary/aromatic N) is 1. The van der Waals surface area contributed by atoms with Crippen molar-refractivity contribution in [2.75, 3.05) is 0 Å². The average molecular weight is 245 g/mol. The molecule has 0 aromatic rings. The van der Waals surface area contributed by atoms with Crippen LogP contribution >= 0.6 is 0 Å². The van der Waals surface area contributed by atoms with Crippen LogP contribution in [-0.4, -0.2) is 18.5 Å². The maximum absolute atomic E-state index is 13.6. The van der Waals surface area contributed by atoms with Gasteiger partial charge in [0.2, 0.25) is 0 Å². The van der Waals surface area contributed by atoms with Gasteiger partial charge in [0, 0.05) is 0 Å². The lowest BCUT2D eigenvalue weighted by Crippen LogP contribution is -2.38. The van der Waals surface area contributed by atoms with Gasteiger partial charge >= 0.3 is 0 Å². The van der Waals surface area contributed by atoms with Crippen LogP contribution in [0.25, 0.3) is 0 Å². The smallest absolute Gasteiger partial charge is 0.119 e. The van der Waals surface area contributed by atoms with Crippen molar-refractivity contribution in [1.82, 2.24) is 0 Å². The zero-order chi connectivity index (χ0) is 12.4. The molecule has 96 valence electrons. The molecule has 2 aliphatic rings. The average Bonchev–Trinajstić information content (AvgIpc) is 2.29.